The number of hydrogen-bond donors (Lipinski definition) is 1. The number of hydrogen-bond acceptors (Lipinski definition) is 8. The number of carbonyl (C=O) groups is 1. The zero-order valence-electron chi connectivity index (χ0n) is 16.0. The molecule has 154 valence electrons. The van der Waals surface area contributed by atoms with Gasteiger partial charge in [-0.3, -0.25) is 9.36 Å². The van der Waals surface area contributed by atoms with Gasteiger partial charge < -0.3 is 24.4 Å². The van der Waals surface area contributed by atoms with Crippen LogP contribution in [0.2, 0.25) is 0 Å². The number of anilines is 2. The first-order chi connectivity index (χ1) is 14.3. The van der Waals surface area contributed by atoms with Crippen LogP contribution in [0.15, 0.2) is 23.4 Å². The summed E-state index contributed by atoms with van der Waals surface area (Å²) in [6.45, 7) is 4.11. The van der Waals surface area contributed by atoms with Crippen molar-refractivity contribution in [3.8, 4) is 11.5 Å². The van der Waals surface area contributed by atoms with Crippen molar-refractivity contribution in [3.63, 3.8) is 0 Å². The SMILES string of the molecule is O=C(CSc1nnc(N2CCOCC2)n1C1CC1)Nc1ccc2c(c1)OCCO2. The molecule has 1 aliphatic carbocycles. The molecule has 5 rings (SSSR count). The van der Waals surface area contributed by atoms with Crippen LogP contribution >= 0.6 is 11.8 Å². The summed E-state index contributed by atoms with van der Waals surface area (Å²) in [6.07, 6.45) is 2.26. The van der Waals surface area contributed by atoms with Crippen LogP contribution in [-0.4, -0.2) is 65.9 Å². The number of morpholine rings is 1. The van der Waals surface area contributed by atoms with Crippen molar-refractivity contribution in [2.45, 2.75) is 24.0 Å². The van der Waals surface area contributed by atoms with Gasteiger partial charge in [-0.1, -0.05) is 11.8 Å². The molecule has 0 radical (unpaired) electrons. The molecule has 2 fully saturated rings. The van der Waals surface area contributed by atoms with Crippen LogP contribution in [0.1, 0.15) is 18.9 Å². The Morgan fingerprint density at radius 3 is 2.69 bits per heavy atom. The summed E-state index contributed by atoms with van der Waals surface area (Å²) < 4.78 is 18.7. The second-order valence-electron chi connectivity index (χ2n) is 7.18. The average Bonchev–Trinajstić information content (AvgIpc) is 3.51. The third-order valence-corrected chi connectivity index (χ3v) is 5.95. The molecular weight excluding hydrogens is 394 g/mol. The Morgan fingerprint density at radius 2 is 1.90 bits per heavy atom. The number of nitrogens with zero attached hydrogens (tertiary/aromatic N) is 4. The van der Waals surface area contributed by atoms with Crippen LogP contribution in [0.25, 0.3) is 0 Å². The Hall–Kier alpha value is -2.46. The largest absolute Gasteiger partial charge is 0.486 e. The van der Waals surface area contributed by atoms with E-state index in [0.29, 0.717) is 49.7 Å². The van der Waals surface area contributed by atoms with E-state index in [1.807, 2.05) is 12.1 Å². The molecule has 2 aromatic rings. The van der Waals surface area contributed by atoms with Gasteiger partial charge in [0, 0.05) is 30.9 Å². The molecule has 1 saturated heterocycles. The van der Waals surface area contributed by atoms with Crippen molar-refractivity contribution in [2.75, 3.05) is 55.5 Å². The standard InChI is InChI=1S/C19H23N5O4S/c25-17(20-13-1-4-15-16(11-13)28-10-9-27-15)12-29-19-22-21-18(24(19)14-2-3-14)23-5-7-26-8-6-23/h1,4,11,14H,2-3,5-10,12H2,(H,20,25). The molecule has 1 amide bonds. The Kier molecular flexibility index (Phi) is 5.19. The molecule has 1 N–H and O–H groups in total. The van der Waals surface area contributed by atoms with E-state index in [2.05, 4.69) is 25.0 Å². The van der Waals surface area contributed by atoms with Gasteiger partial charge in [-0.05, 0) is 25.0 Å². The highest BCUT2D eigenvalue weighted by Gasteiger charge is 2.32. The third kappa shape index (κ3) is 4.13. The van der Waals surface area contributed by atoms with E-state index in [-0.39, 0.29) is 11.7 Å². The zero-order chi connectivity index (χ0) is 19.6. The Labute approximate surface area is 172 Å². The molecule has 3 heterocycles. The average molecular weight is 417 g/mol. The number of benzene rings is 1. The summed E-state index contributed by atoms with van der Waals surface area (Å²) in [4.78, 5) is 14.7. The van der Waals surface area contributed by atoms with Gasteiger partial charge in [0.05, 0.1) is 19.0 Å². The fourth-order valence-corrected chi connectivity index (χ4v) is 4.25. The Morgan fingerprint density at radius 1 is 1.10 bits per heavy atom. The predicted molar refractivity (Wildman–Crippen MR) is 108 cm³/mol. The predicted octanol–water partition coefficient (Wildman–Crippen LogP) is 1.95. The third-order valence-electron chi connectivity index (χ3n) is 5.01. The van der Waals surface area contributed by atoms with E-state index in [1.54, 1.807) is 6.07 Å². The molecule has 1 saturated carbocycles. The molecule has 0 spiro atoms. The molecular formula is C19H23N5O4S. The van der Waals surface area contributed by atoms with Crippen molar-refractivity contribution >= 4 is 29.3 Å². The highest BCUT2D eigenvalue weighted by Crippen LogP contribution is 2.41. The second kappa shape index (κ2) is 8.11. The van der Waals surface area contributed by atoms with Gasteiger partial charge in [-0.25, -0.2) is 0 Å². The normalized spacial score (nSPS) is 18.6. The summed E-state index contributed by atoms with van der Waals surface area (Å²) in [5, 5.41) is 12.5. The molecule has 0 unspecified atom stereocenters. The summed E-state index contributed by atoms with van der Waals surface area (Å²) >= 11 is 1.42. The molecule has 29 heavy (non-hydrogen) atoms. The zero-order valence-corrected chi connectivity index (χ0v) is 16.8. The van der Waals surface area contributed by atoms with Crippen molar-refractivity contribution in [3.05, 3.63) is 18.2 Å². The van der Waals surface area contributed by atoms with Crippen LogP contribution < -0.4 is 19.7 Å². The Bertz CT molecular complexity index is 895. The summed E-state index contributed by atoms with van der Waals surface area (Å²) in [6, 6.07) is 5.86. The number of ether oxygens (including phenoxy) is 3. The lowest BCUT2D eigenvalue weighted by molar-refractivity contribution is -0.113. The number of rotatable bonds is 6. The van der Waals surface area contributed by atoms with Gasteiger partial charge in [-0.15, -0.1) is 10.2 Å². The maximum Gasteiger partial charge on any atom is 0.234 e. The van der Waals surface area contributed by atoms with Crippen molar-refractivity contribution < 1.29 is 19.0 Å². The van der Waals surface area contributed by atoms with Crippen LogP contribution in [0.5, 0.6) is 11.5 Å². The van der Waals surface area contributed by atoms with Crippen molar-refractivity contribution in [1.82, 2.24) is 14.8 Å². The number of amides is 1. The van der Waals surface area contributed by atoms with E-state index in [0.717, 1.165) is 37.0 Å². The van der Waals surface area contributed by atoms with E-state index < -0.39 is 0 Å². The fourth-order valence-electron chi connectivity index (χ4n) is 3.45. The smallest absolute Gasteiger partial charge is 0.234 e. The second-order valence-corrected chi connectivity index (χ2v) is 8.12. The van der Waals surface area contributed by atoms with Crippen LogP contribution in [0.3, 0.4) is 0 Å². The number of fused-ring (bicyclic) bond motifs is 1. The highest BCUT2D eigenvalue weighted by atomic mass is 32.2. The summed E-state index contributed by atoms with van der Waals surface area (Å²) in [7, 11) is 0. The summed E-state index contributed by atoms with van der Waals surface area (Å²) in [5.41, 5.74) is 0.692. The molecule has 1 aromatic heterocycles. The topological polar surface area (TPSA) is 90.7 Å². The lowest BCUT2D eigenvalue weighted by Gasteiger charge is -2.27. The molecule has 0 bridgehead atoms. The van der Waals surface area contributed by atoms with E-state index >= 15 is 0 Å². The van der Waals surface area contributed by atoms with Gasteiger partial charge in [0.2, 0.25) is 11.9 Å². The minimum Gasteiger partial charge on any atom is -0.486 e. The van der Waals surface area contributed by atoms with E-state index in [4.69, 9.17) is 14.2 Å². The first-order valence-corrected chi connectivity index (χ1v) is 10.9. The maximum atomic E-state index is 12.5. The minimum absolute atomic E-state index is 0.0926. The van der Waals surface area contributed by atoms with Gasteiger partial charge in [0.1, 0.15) is 13.2 Å². The maximum absolute atomic E-state index is 12.5. The first kappa shape index (κ1) is 18.6. The van der Waals surface area contributed by atoms with Gasteiger partial charge in [0.25, 0.3) is 0 Å². The van der Waals surface area contributed by atoms with Gasteiger partial charge >= 0.3 is 0 Å². The molecule has 9 nitrogen and oxygen atoms in total. The Balaban J connectivity index is 1.23. The lowest BCUT2D eigenvalue weighted by Crippen LogP contribution is -2.38. The fraction of sp³-hybridized carbons (Fsp3) is 0.526. The molecule has 0 atom stereocenters. The molecule has 3 aliphatic rings. The molecule has 10 heteroatoms. The minimum atomic E-state index is -0.0926. The summed E-state index contributed by atoms with van der Waals surface area (Å²) in [5.74, 6) is 2.43. The van der Waals surface area contributed by atoms with Crippen LogP contribution in [0, 0.1) is 0 Å². The lowest BCUT2D eigenvalue weighted by atomic mass is 10.2. The quantitative estimate of drug-likeness (QED) is 0.714. The molecule has 2 aliphatic heterocycles. The number of aromatic nitrogens is 3. The van der Waals surface area contributed by atoms with Crippen LogP contribution in [0.4, 0.5) is 11.6 Å². The molecule has 1 aromatic carbocycles. The monoisotopic (exact) mass is 417 g/mol. The number of thioether (sulfide) groups is 1. The van der Waals surface area contributed by atoms with Crippen LogP contribution in [-0.2, 0) is 9.53 Å². The van der Waals surface area contributed by atoms with Crippen molar-refractivity contribution in [1.29, 1.82) is 0 Å². The van der Waals surface area contributed by atoms with E-state index in [1.165, 1.54) is 11.8 Å². The number of carbonyl (C=O) groups excluding carboxylic acids is 1. The first-order valence-electron chi connectivity index (χ1n) is 9.88. The highest BCUT2D eigenvalue weighted by molar-refractivity contribution is 7.99. The number of nitrogens with one attached hydrogen (secondary N) is 1. The van der Waals surface area contributed by atoms with Gasteiger partial charge in [-0.2, -0.15) is 0 Å². The van der Waals surface area contributed by atoms with Crippen molar-refractivity contribution in [2.24, 2.45) is 0 Å². The van der Waals surface area contributed by atoms with E-state index in [9.17, 15) is 4.79 Å². The van der Waals surface area contributed by atoms with Gasteiger partial charge in [0.15, 0.2) is 16.7 Å².